The number of para-hydroxylation sites is 1. The lowest BCUT2D eigenvalue weighted by molar-refractivity contribution is -0.134. The molecule has 0 radical (unpaired) electrons. The molecule has 1 amide bonds. The van der Waals surface area contributed by atoms with Crippen molar-refractivity contribution >= 4 is 11.6 Å². The molecule has 1 aliphatic carbocycles. The van der Waals surface area contributed by atoms with E-state index in [2.05, 4.69) is 35.1 Å². The molecule has 4 rings (SSSR count). The number of hydrogen-bond acceptors (Lipinski definition) is 2. The van der Waals surface area contributed by atoms with Gasteiger partial charge < -0.3 is 9.80 Å². The number of piperidine rings is 1. The molecule has 1 aromatic rings. The van der Waals surface area contributed by atoms with E-state index in [0.29, 0.717) is 11.8 Å². The summed E-state index contributed by atoms with van der Waals surface area (Å²) in [7, 11) is 0. The van der Waals surface area contributed by atoms with Crippen LogP contribution in [0.4, 0.5) is 5.69 Å². The molecule has 0 N–H and O–H groups in total. The highest BCUT2D eigenvalue weighted by molar-refractivity contribution is 5.82. The SMILES string of the molecule is C#C[C@H]1[C@H]2C[C@H](CN(c3ccccc3)C2)N1C(=O)C1CC1. The fourth-order valence-electron chi connectivity index (χ4n) is 3.92. The quantitative estimate of drug-likeness (QED) is 0.775. The molecule has 3 nitrogen and oxygen atoms in total. The first-order valence-electron chi connectivity index (χ1n) is 7.86. The minimum absolute atomic E-state index is 0.00295. The number of amides is 1. The van der Waals surface area contributed by atoms with Gasteiger partial charge in [0.25, 0.3) is 0 Å². The van der Waals surface area contributed by atoms with Crippen LogP contribution in [-0.4, -0.2) is 36.0 Å². The van der Waals surface area contributed by atoms with Gasteiger partial charge >= 0.3 is 0 Å². The molecule has 3 atom stereocenters. The molecular formula is C18H20N2O. The Hall–Kier alpha value is -1.95. The molecule has 3 aliphatic rings. The van der Waals surface area contributed by atoms with E-state index in [-0.39, 0.29) is 18.0 Å². The Morgan fingerprint density at radius 3 is 2.62 bits per heavy atom. The zero-order chi connectivity index (χ0) is 14.4. The topological polar surface area (TPSA) is 23.6 Å². The number of terminal acetylenes is 1. The van der Waals surface area contributed by atoms with Crippen LogP contribution in [0.15, 0.2) is 30.3 Å². The number of fused-ring (bicyclic) bond motifs is 2. The second kappa shape index (κ2) is 4.80. The van der Waals surface area contributed by atoms with Crippen molar-refractivity contribution < 1.29 is 4.79 Å². The van der Waals surface area contributed by atoms with E-state index in [1.807, 2.05) is 11.0 Å². The van der Waals surface area contributed by atoms with E-state index in [0.717, 1.165) is 32.4 Å². The van der Waals surface area contributed by atoms with Crippen LogP contribution in [-0.2, 0) is 4.79 Å². The number of likely N-dealkylation sites (tertiary alicyclic amines) is 1. The van der Waals surface area contributed by atoms with E-state index in [9.17, 15) is 4.79 Å². The van der Waals surface area contributed by atoms with Crippen molar-refractivity contribution in [3.8, 4) is 12.3 Å². The van der Waals surface area contributed by atoms with E-state index in [4.69, 9.17) is 6.42 Å². The molecule has 108 valence electrons. The number of anilines is 1. The predicted octanol–water partition coefficient (Wildman–Crippen LogP) is 2.14. The molecule has 1 saturated carbocycles. The molecule has 21 heavy (non-hydrogen) atoms. The fraction of sp³-hybridized carbons (Fsp3) is 0.500. The van der Waals surface area contributed by atoms with Gasteiger partial charge in [0.05, 0.1) is 12.1 Å². The zero-order valence-corrected chi connectivity index (χ0v) is 12.1. The summed E-state index contributed by atoms with van der Waals surface area (Å²) >= 11 is 0. The van der Waals surface area contributed by atoms with Gasteiger partial charge in [-0.05, 0) is 31.4 Å². The first-order chi connectivity index (χ1) is 10.3. The normalized spacial score (nSPS) is 31.1. The molecule has 2 saturated heterocycles. The highest BCUT2D eigenvalue weighted by atomic mass is 16.2. The monoisotopic (exact) mass is 280 g/mol. The Morgan fingerprint density at radius 2 is 1.95 bits per heavy atom. The minimum Gasteiger partial charge on any atom is -0.369 e. The molecule has 3 heteroatoms. The Bertz CT molecular complexity index is 587. The van der Waals surface area contributed by atoms with Crippen molar-refractivity contribution in [2.75, 3.05) is 18.0 Å². The number of benzene rings is 1. The molecule has 0 spiro atoms. The van der Waals surface area contributed by atoms with E-state index in [1.54, 1.807) is 0 Å². The van der Waals surface area contributed by atoms with Gasteiger partial charge in [-0.1, -0.05) is 24.1 Å². The predicted molar refractivity (Wildman–Crippen MR) is 82.7 cm³/mol. The summed E-state index contributed by atoms with van der Waals surface area (Å²) in [5.74, 6) is 3.87. The van der Waals surface area contributed by atoms with Gasteiger partial charge in [-0.15, -0.1) is 6.42 Å². The maximum atomic E-state index is 12.6. The first kappa shape index (κ1) is 12.8. The van der Waals surface area contributed by atoms with Gasteiger partial charge in [-0.3, -0.25) is 4.79 Å². The number of carbonyl (C=O) groups is 1. The lowest BCUT2D eigenvalue weighted by Gasteiger charge is -2.34. The summed E-state index contributed by atoms with van der Waals surface area (Å²) in [6.07, 6.45) is 8.92. The van der Waals surface area contributed by atoms with Crippen LogP contribution in [0.2, 0.25) is 0 Å². The van der Waals surface area contributed by atoms with Crippen LogP contribution < -0.4 is 4.90 Å². The average molecular weight is 280 g/mol. The third-order valence-electron chi connectivity index (χ3n) is 5.07. The lowest BCUT2D eigenvalue weighted by atomic mass is 9.95. The van der Waals surface area contributed by atoms with Crippen LogP contribution in [0, 0.1) is 24.2 Å². The van der Waals surface area contributed by atoms with Gasteiger partial charge in [0.1, 0.15) is 0 Å². The molecule has 2 heterocycles. The summed E-state index contributed by atoms with van der Waals surface area (Å²) < 4.78 is 0. The lowest BCUT2D eigenvalue weighted by Crippen LogP contribution is -2.45. The number of hydrogen-bond donors (Lipinski definition) is 0. The third kappa shape index (κ3) is 2.10. The molecule has 1 aromatic carbocycles. The van der Waals surface area contributed by atoms with E-state index in [1.165, 1.54) is 5.69 Å². The molecule has 2 aliphatic heterocycles. The van der Waals surface area contributed by atoms with Gasteiger partial charge in [0.15, 0.2) is 0 Å². The molecule has 0 unspecified atom stereocenters. The number of rotatable bonds is 2. The second-order valence-corrected chi connectivity index (χ2v) is 6.52. The van der Waals surface area contributed by atoms with Crippen LogP contribution >= 0.6 is 0 Å². The van der Waals surface area contributed by atoms with Gasteiger partial charge in [0.2, 0.25) is 5.91 Å². The smallest absolute Gasteiger partial charge is 0.227 e. The third-order valence-corrected chi connectivity index (χ3v) is 5.07. The Morgan fingerprint density at radius 1 is 1.19 bits per heavy atom. The Kier molecular flexibility index (Phi) is 2.92. The summed E-state index contributed by atoms with van der Waals surface area (Å²) in [5.41, 5.74) is 1.24. The fourth-order valence-corrected chi connectivity index (χ4v) is 3.92. The summed E-state index contributed by atoms with van der Waals surface area (Å²) in [6, 6.07) is 10.7. The van der Waals surface area contributed by atoms with Crippen LogP contribution in [0.3, 0.4) is 0 Å². The zero-order valence-electron chi connectivity index (χ0n) is 12.1. The van der Waals surface area contributed by atoms with Crippen molar-refractivity contribution in [1.82, 2.24) is 4.90 Å². The summed E-state index contributed by atoms with van der Waals surface area (Å²) in [4.78, 5) is 17.0. The van der Waals surface area contributed by atoms with Crippen LogP contribution in [0.1, 0.15) is 19.3 Å². The minimum atomic E-state index is -0.00295. The summed E-state index contributed by atoms with van der Waals surface area (Å²) in [6.45, 7) is 1.88. The van der Waals surface area contributed by atoms with E-state index < -0.39 is 0 Å². The van der Waals surface area contributed by atoms with Crippen molar-refractivity contribution in [1.29, 1.82) is 0 Å². The maximum absolute atomic E-state index is 12.6. The molecule has 0 aromatic heterocycles. The Labute approximate surface area is 125 Å². The highest BCUT2D eigenvalue weighted by Crippen LogP contribution is 2.41. The number of carbonyl (C=O) groups excluding carboxylic acids is 1. The maximum Gasteiger partial charge on any atom is 0.227 e. The van der Waals surface area contributed by atoms with Crippen molar-refractivity contribution in [2.45, 2.75) is 31.3 Å². The van der Waals surface area contributed by atoms with Crippen molar-refractivity contribution in [2.24, 2.45) is 11.8 Å². The average Bonchev–Trinajstić information content (AvgIpc) is 3.33. The van der Waals surface area contributed by atoms with Gasteiger partial charge in [-0.25, -0.2) is 0 Å². The molecule has 2 bridgehead atoms. The van der Waals surface area contributed by atoms with Crippen LogP contribution in [0.25, 0.3) is 0 Å². The van der Waals surface area contributed by atoms with Gasteiger partial charge in [-0.2, -0.15) is 0 Å². The first-order valence-corrected chi connectivity index (χ1v) is 7.86. The van der Waals surface area contributed by atoms with E-state index >= 15 is 0 Å². The van der Waals surface area contributed by atoms with Crippen LogP contribution in [0.5, 0.6) is 0 Å². The number of nitrogens with zero attached hydrogens (tertiary/aromatic N) is 2. The van der Waals surface area contributed by atoms with Crippen molar-refractivity contribution in [3.05, 3.63) is 30.3 Å². The highest BCUT2D eigenvalue weighted by Gasteiger charge is 2.50. The Balaban J connectivity index is 1.60. The standard InChI is InChI=1S/C18H20N2O/c1-2-17-14-10-16(20(17)18(21)13-8-9-13)12-19(11-14)15-6-4-3-5-7-15/h1,3-7,13-14,16-17H,8-12H2/t14-,16+,17-/m0/s1. The molecule has 3 fully saturated rings. The van der Waals surface area contributed by atoms with Crippen molar-refractivity contribution in [3.63, 3.8) is 0 Å². The summed E-state index contributed by atoms with van der Waals surface area (Å²) in [5, 5.41) is 0. The molecular weight excluding hydrogens is 260 g/mol. The second-order valence-electron chi connectivity index (χ2n) is 6.52. The van der Waals surface area contributed by atoms with Gasteiger partial charge in [0, 0.05) is 30.6 Å². The largest absolute Gasteiger partial charge is 0.369 e.